The molecule has 0 fully saturated rings. The van der Waals surface area contributed by atoms with Crippen molar-refractivity contribution in [1.82, 2.24) is 0 Å². The first kappa shape index (κ1) is 9.24. The van der Waals surface area contributed by atoms with Gasteiger partial charge in [0.2, 0.25) is 0 Å². The lowest BCUT2D eigenvalue weighted by molar-refractivity contribution is 0.918. The summed E-state index contributed by atoms with van der Waals surface area (Å²) < 4.78 is 0.900. The molecule has 0 aliphatic carbocycles. The van der Waals surface area contributed by atoms with Gasteiger partial charge in [0, 0.05) is 4.47 Å². The third kappa shape index (κ3) is 1.84. The smallest absolute Gasteiger partial charge is 0.119 e. The van der Waals surface area contributed by atoms with Crippen LogP contribution in [0, 0.1) is 18.3 Å². The Balaban J connectivity index is 3.11. The molecule has 3 heteroatoms. The molecule has 0 aromatic heterocycles. The molecule has 2 N–H and O–H groups in total. The third-order valence-electron chi connectivity index (χ3n) is 1.63. The maximum absolute atomic E-state index is 8.59. The fourth-order valence-corrected chi connectivity index (χ4v) is 1.69. The van der Waals surface area contributed by atoms with E-state index >= 15 is 0 Å². The summed E-state index contributed by atoms with van der Waals surface area (Å²) in [4.78, 5) is 0. The molecule has 0 bridgehead atoms. The Labute approximate surface area is 80.1 Å². The summed E-state index contributed by atoms with van der Waals surface area (Å²) in [5, 5.41) is 8.59. The number of benzene rings is 1. The first-order chi connectivity index (χ1) is 5.65. The van der Waals surface area contributed by atoms with Crippen LogP contribution in [0.2, 0.25) is 0 Å². The molecule has 0 spiro atoms. The lowest BCUT2D eigenvalue weighted by atomic mass is 10.1. The second-order valence-corrected chi connectivity index (χ2v) is 3.49. The van der Waals surface area contributed by atoms with Crippen molar-refractivity contribution in [3.63, 3.8) is 0 Å². The molecule has 1 atom stereocenters. The van der Waals surface area contributed by atoms with Crippen molar-refractivity contribution in [2.75, 3.05) is 0 Å². The van der Waals surface area contributed by atoms with E-state index < -0.39 is 6.04 Å². The van der Waals surface area contributed by atoms with Crippen molar-refractivity contribution in [2.24, 2.45) is 5.73 Å². The largest absolute Gasteiger partial charge is 0.312 e. The summed E-state index contributed by atoms with van der Waals surface area (Å²) in [5.74, 6) is 0. The summed E-state index contributed by atoms with van der Waals surface area (Å²) >= 11 is 3.36. The maximum atomic E-state index is 8.59. The highest BCUT2D eigenvalue weighted by molar-refractivity contribution is 9.10. The summed E-state index contributed by atoms with van der Waals surface area (Å²) in [6.07, 6.45) is 0. The zero-order valence-corrected chi connectivity index (χ0v) is 8.30. The molecule has 0 aliphatic rings. The van der Waals surface area contributed by atoms with Gasteiger partial charge in [-0.2, -0.15) is 5.26 Å². The third-order valence-corrected chi connectivity index (χ3v) is 2.32. The number of hydrogen-bond acceptors (Lipinski definition) is 2. The maximum Gasteiger partial charge on any atom is 0.119 e. The van der Waals surface area contributed by atoms with Crippen LogP contribution in [-0.2, 0) is 0 Å². The molecule has 0 saturated heterocycles. The summed E-state index contributed by atoms with van der Waals surface area (Å²) in [6, 6.07) is 7.21. The van der Waals surface area contributed by atoms with Crippen LogP contribution < -0.4 is 5.73 Å². The van der Waals surface area contributed by atoms with E-state index in [9.17, 15) is 0 Å². The molecule has 62 valence electrons. The summed E-state index contributed by atoms with van der Waals surface area (Å²) in [6.45, 7) is 1.99. The lowest BCUT2D eigenvalue weighted by Gasteiger charge is -2.06. The predicted molar refractivity (Wildman–Crippen MR) is 51.4 cm³/mol. The molecule has 0 saturated carbocycles. The van der Waals surface area contributed by atoms with E-state index in [0.29, 0.717) is 0 Å². The standard InChI is InChI=1S/C9H9BrN2/c1-6-2-3-7(8(10)4-6)9(12)5-11/h2-4,9H,12H2,1H3. The van der Waals surface area contributed by atoms with Gasteiger partial charge in [-0.05, 0) is 24.1 Å². The van der Waals surface area contributed by atoms with Gasteiger partial charge in [0.05, 0.1) is 6.07 Å². The van der Waals surface area contributed by atoms with Gasteiger partial charge in [-0.3, -0.25) is 0 Å². The molecule has 2 nitrogen and oxygen atoms in total. The summed E-state index contributed by atoms with van der Waals surface area (Å²) in [7, 11) is 0. The normalized spacial score (nSPS) is 12.2. The number of hydrogen-bond donors (Lipinski definition) is 1. The van der Waals surface area contributed by atoms with Crippen molar-refractivity contribution < 1.29 is 0 Å². The molecular weight excluding hydrogens is 216 g/mol. The average molecular weight is 225 g/mol. The van der Waals surface area contributed by atoms with Crippen LogP contribution in [0.25, 0.3) is 0 Å². The van der Waals surface area contributed by atoms with Crippen molar-refractivity contribution in [3.05, 3.63) is 33.8 Å². The van der Waals surface area contributed by atoms with E-state index in [-0.39, 0.29) is 0 Å². The molecule has 1 unspecified atom stereocenters. The van der Waals surface area contributed by atoms with Crippen LogP contribution >= 0.6 is 15.9 Å². The van der Waals surface area contributed by atoms with Gasteiger partial charge >= 0.3 is 0 Å². The minimum atomic E-state index is -0.542. The van der Waals surface area contributed by atoms with E-state index in [4.69, 9.17) is 11.0 Å². The van der Waals surface area contributed by atoms with E-state index in [0.717, 1.165) is 15.6 Å². The number of nitrogens with two attached hydrogens (primary N) is 1. The van der Waals surface area contributed by atoms with Gasteiger partial charge in [0.25, 0.3) is 0 Å². The Bertz CT molecular complexity index is 328. The number of halogens is 1. The molecule has 1 aromatic carbocycles. The minimum absolute atomic E-state index is 0.542. The zero-order chi connectivity index (χ0) is 9.14. The number of rotatable bonds is 1. The van der Waals surface area contributed by atoms with Gasteiger partial charge in [0.1, 0.15) is 6.04 Å². The average Bonchev–Trinajstić information content (AvgIpc) is 2.03. The minimum Gasteiger partial charge on any atom is -0.312 e. The molecule has 0 heterocycles. The van der Waals surface area contributed by atoms with Crippen molar-refractivity contribution >= 4 is 15.9 Å². The molecule has 0 radical (unpaired) electrons. The van der Waals surface area contributed by atoms with Crippen LogP contribution in [0.3, 0.4) is 0 Å². The number of nitriles is 1. The van der Waals surface area contributed by atoms with Crippen LogP contribution in [0.15, 0.2) is 22.7 Å². The molecule has 0 amide bonds. The van der Waals surface area contributed by atoms with Gasteiger partial charge in [-0.15, -0.1) is 0 Å². The second-order valence-electron chi connectivity index (χ2n) is 2.63. The first-order valence-corrected chi connectivity index (χ1v) is 4.35. The van der Waals surface area contributed by atoms with Gasteiger partial charge < -0.3 is 5.73 Å². The zero-order valence-electron chi connectivity index (χ0n) is 6.71. The SMILES string of the molecule is Cc1ccc(C(N)C#N)c(Br)c1. The molecule has 1 rings (SSSR count). The van der Waals surface area contributed by atoms with Crippen LogP contribution in [-0.4, -0.2) is 0 Å². The van der Waals surface area contributed by atoms with Crippen molar-refractivity contribution in [3.8, 4) is 6.07 Å². The van der Waals surface area contributed by atoms with E-state index in [2.05, 4.69) is 15.9 Å². The molecule has 1 aromatic rings. The van der Waals surface area contributed by atoms with E-state index in [1.807, 2.05) is 31.2 Å². The fourth-order valence-electron chi connectivity index (χ4n) is 0.954. The van der Waals surface area contributed by atoms with Crippen LogP contribution in [0.5, 0.6) is 0 Å². The molecule has 0 aliphatic heterocycles. The highest BCUT2D eigenvalue weighted by atomic mass is 79.9. The monoisotopic (exact) mass is 224 g/mol. The van der Waals surface area contributed by atoms with Gasteiger partial charge in [-0.25, -0.2) is 0 Å². The quantitative estimate of drug-likeness (QED) is 0.796. The Kier molecular flexibility index (Phi) is 2.85. The highest BCUT2D eigenvalue weighted by Gasteiger charge is 2.07. The van der Waals surface area contributed by atoms with E-state index in [1.165, 1.54) is 0 Å². The lowest BCUT2D eigenvalue weighted by Crippen LogP contribution is -2.07. The molecule has 12 heavy (non-hydrogen) atoms. The number of nitrogens with zero attached hydrogens (tertiary/aromatic N) is 1. The Morgan fingerprint density at radius 1 is 1.58 bits per heavy atom. The summed E-state index contributed by atoms with van der Waals surface area (Å²) in [5.41, 5.74) is 7.54. The van der Waals surface area contributed by atoms with Gasteiger partial charge in [-0.1, -0.05) is 28.1 Å². The van der Waals surface area contributed by atoms with Gasteiger partial charge in [0.15, 0.2) is 0 Å². The van der Waals surface area contributed by atoms with Crippen LogP contribution in [0.1, 0.15) is 17.2 Å². The van der Waals surface area contributed by atoms with Crippen molar-refractivity contribution in [1.29, 1.82) is 5.26 Å². The van der Waals surface area contributed by atoms with Crippen LogP contribution in [0.4, 0.5) is 0 Å². The first-order valence-electron chi connectivity index (χ1n) is 3.56. The number of aryl methyl sites for hydroxylation is 1. The highest BCUT2D eigenvalue weighted by Crippen LogP contribution is 2.22. The Hall–Kier alpha value is -0.850. The fraction of sp³-hybridized carbons (Fsp3) is 0.222. The topological polar surface area (TPSA) is 49.8 Å². The Morgan fingerprint density at radius 2 is 2.25 bits per heavy atom. The van der Waals surface area contributed by atoms with E-state index in [1.54, 1.807) is 0 Å². The second kappa shape index (κ2) is 3.70. The Morgan fingerprint density at radius 3 is 2.75 bits per heavy atom. The molecular formula is C9H9BrN2. The van der Waals surface area contributed by atoms with Crippen molar-refractivity contribution in [2.45, 2.75) is 13.0 Å². The predicted octanol–water partition coefficient (Wildman–Crippen LogP) is 2.28.